The van der Waals surface area contributed by atoms with Gasteiger partial charge in [-0.25, -0.2) is 8.42 Å². The normalized spacial score (nSPS) is 19.9. The molecule has 0 aromatic carbocycles. The first-order valence-corrected chi connectivity index (χ1v) is 9.29. The van der Waals surface area contributed by atoms with Crippen LogP contribution in [-0.2, 0) is 9.84 Å². The van der Waals surface area contributed by atoms with Crippen LogP contribution >= 0.6 is 0 Å². The highest BCUT2D eigenvalue weighted by Gasteiger charge is 2.26. The first-order chi connectivity index (χ1) is 8.59. The molecule has 1 aliphatic rings. The molecular weight excluding hydrogens is 246 g/mol. The summed E-state index contributed by atoms with van der Waals surface area (Å²) in [5, 5.41) is 3.24. The molecule has 1 fully saturated rings. The predicted octanol–water partition coefficient (Wildman–Crippen LogP) is 2.76. The zero-order valence-electron chi connectivity index (χ0n) is 12.0. The van der Waals surface area contributed by atoms with Crippen molar-refractivity contribution in [3.63, 3.8) is 0 Å². The largest absolute Gasteiger partial charge is 0.316 e. The van der Waals surface area contributed by atoms with Crippen LogP contribution in [0.15, 0.2) is 0 Å². The molecule has 0 aromatic heterocycles. The molecule has 0 radical (unpaired) electrons. The average molecular weight is 275 g/mol. The van der Waals surface area contributed by atoms with Crippen LogP contribution in [0.4, 0.5) is 0 Å². The van der Waals surface area contributed by atoms with E-state index < -0.39 is 9.84 Å². The Balaban J connectivity index is 2.45. The summed E-state index contributed by atoms with van der Waals surface area (Å²) in [7, 11) is -0.973. The van der Waals surface area contributed by atoms with Crippen molar-refractivity contribution in [2.75, 3.05) is 18.6 Å². The van der Waals surface area contributed by atoms with Gasteiger partial charge in [-0.3, -0.25) is 0 Å². The van der Waals surface area contributed by atoms with Gasteiger partial charge in [-0.1, -0.05) is 39.0 Å². The molecule has 1 aliphatic carbocycles. The summed E-state index contributed by atoms with van der Waals surface area (Å²) in [6, 6.07) is 0.164. The molecular formula is C14H29NO2S. The highest BCUT2D eigenvalue weighted by atomic mass is 32.2. The van der Waals surface area contributed by atoms with E-state index in [1.54, 1.807) is 0 Å². The van der Waals surface area contributed by atoms with Crippen molar-refractivity contribution < 1.29 is 8.42 Å². The summed E-state index contributed by atoms with van der Waals surface area (Å²) < 4.78 is 24.2. The second-order valence-electron chi connectivity index (χ2n) is 5.61. The van der Waals surface area contributed by atoms with Gasteiger partial charge in [-0.15, -0.1) is 0 Å². The van der Waals surface area contributed by atoms with Gasteiger partial charge in [0.05, 0.1) is 11.5 Å². The van der Waals surface area contributed by atoms with E-state index in [1.165, 1.54) is 32.1 Å². The molecule has 0 heterocycles. The molecule has 1 rings (SSSR count). The molecule has 3 nitrogen and oxygen atoms in total. The summed E-state index contributed by atoms with van der Waals surface area (Å²) in [6.07, 6.45) is 9.14. The Labute approximate surface area is 113 Å². The summed E-state index contributed by atoms with van der Waals surface area (Å²) >= 11 is 0. The van der Waals surface area contributed by atoms with Crippen LogP contribution in [0.25, 0.3) is 0 Å². The molecule has 1 N–H and O–H groups in total. The Bertz CT molecular complexity index is 308. The van der Waals surface area contributed by atoms with Gasteiger partial charge in [-0.2, -0.15) is 0 Å². The number of unbranched alkanes of at least 4 members (excludes halogenated alkanes) is 2. The van der Waals surface area contributed by atoms with Crippen LogP contribution in [0.1, 0.15) is 58.3 Å². The Hall–Kier alpha value is -0.0900. The van der Waals surface area contributed by atoms with Crippen molar-refractivity contribution in [2.24, 2.45) is 5.92 Å². The molecule has 1 unspecified atom stereocenters. The lowest BCUT2D eigenvalue weighted by Crippen LogP contribution is -2.41. The Kier molecular flexibility index (Phi) is 7.23. The van der Waals surface area contributed by atoms with Crippen LogP contribution in [0.5, 0.6) is 0 Å². The molecule has 0 spiro atoms. The van der Waals surface area contributed by atoms with E-state index in [-0.39, 0.29) is 6.04 Å². The van der Waals surface area contributed by atoms with Crippen molar-refractivity contribution in [3.05, 3.63) is 0 Å². The first-order valence-electron chi connectivity index (χ1n) is 7.46. The number of rotatable bonds is 8. The monoisotopic (exact) mass is 275 g/mol. The zero-order valence-corrected chi connectivity index (χ0v) is 12.8. The summed E-state index contributed by atoms with van der Waals surface area (Å²) in [6.45, 7) is 2.10. The van der Waals surface area contributed by atoms with Gasteiger partial charge in [0.1, 0.15) is 0 Å². The van der Waals surface area contributed by atoms with E-state index in [9.17, 15) is 8.42 Å². The van der Waals surface area contributed by atoms with Crippen molar-refractivity contribution in [3.8, 4) is 0 Å². The number of hydrogen-bond donors (Lipinski definition) is 1. The molecule has 0 aromatic rings. The molecule has 0 saturated heterocycles. The molecule has 18 heavy (non-hydrogen) atoms. The minimum atomic E-state index is -2.88. The van der Waals surface area contributed by atoms with Crippen LogP contribution in [0.2, 0.25) is 0 Å². The van der Waals surface area contributed by atoms with Gasteiger partial charge in [0.2, 0.25) is 0 Å². The lowest BCUT2D eigenvalue weighted by molar-refractivity contribution is 0.292. The van der Waals surface area contributed by atoms with E-state index in [0.717, 1.165) is 19.3 Å². The van der Waals surface area contributed by atoms with Crippen molar-refractivity contribution >= 4 is 9.84 Å². The van der Waals surface area contributed by atoms with Crippen molar-refractivity contribution in [1.29, 1.82) is 0 Å². The van der Waals surface area contributed by atoms with E-state index in [1.807, 2.05) is 7.05 Å². The molecule has 1 atom stereocenters. The minimum Gasteiger partial charge on any atom is -0.316 e. The topological polar surface area (TPSA) is 46.2 Å². The number of sulfone groups is 1. The van der Waals surface area contributed by atoms with Crippen LogP contribution in [0, 0.1) is 5.92 Å². The Morgan fingerprint density at radius 2 is 1.83 bits per heavy atom. The fourth-order valence-electron chi connectivity index (χ4n) is 2.92. The number of hydrogen-bond acceptors (Lipinski definition) is 3. The van der Waals surface area contributed by atoms with Crippen molar-refractivity contribution in [2.45, 2.75) is 64.3 Å². The van der Waals surface area contributed by atoms with Crippen LogP contribution < -0.4 is 5.32 Å². The SMILES string of the molecule is CCCCCS(=O)(=O)CC(NC)C1CCCCC1. The smallest absolute Gasteiger partial charge is 0.151 e. The summed E-state index contributed by atoms with van der Waals surface area (Å²) in [5.41, 5.74) is 0. The van der Waals surface area contributed by atoms with E-state index in [0.29, 0.717) is 17.4 Å². The van der Waals surface area contributed by atoms with Gasteiger partial charge in [0.25, 0.3) is 0 Å². The van der Waals surface area contributed by atoms with Gasteiger partial charge in [0.15, 0.2) is 9.84 Å². The van der Waals surface area contributed by atoms with Gasteiger partial charge >= 0.3 is 0 Å². The Morgan fingerprint density at radius 1 is 1.17 bits per heavy atom. The molecule has 1 saturated carbocycles. The predicted molar refractivity (Wildman–Crippen MR) is 77.6 cm³/mol. The molecule has 0 aliphatic heterocycles. The molecule has 108 valence electrons. The van der Waals surface area contributed by atoms with Crippen LogP contribution in [0.3, 0.4) is 0 Å². The van der Waals surface area contributed by atoms with E-state index in [2.05, 4.69) is 12.2 Å². The van der Waals surface area contributed by atoms with Gasteiger partial charge in [0, 0.05) is 6.04 Å². The lowest BCUT2D eigenvalue weighted by Gasteiger charge is -2.29. The summed E-state index contributed by atoms with van der Waals surface area (Å²) in [4.78, 5) is 0. The molecule has 0 amide bonds. The van der Waals surface area contributed by atoms with Crippen LogP contribution in [-0.4, -0.2) is 33.0 Å². The first kappa shape index (κ1) is 16.0. The fourth-order valence-corrected chi connectivity index (χ4v) is 4.72. The summed E-state index contributed by atoms with van der Waals surface area (Å²) in [5.74, 6) is 1.26. The molecule has 0 bridgehead atoms. The van der Waals surface area contributed by atoms with Gasteiger partial charge in [-0.05, 0) is 32.2 Å². The average Bonchev–Trinajstić information content (AvgIpc) is 2.37. The highest BCUT2D eigenvalue weighted by Crippen LogP contribution is 2.27. The minimum absolute atomic E-state index is 0.164. The third-order valence-corrected chi connectivity index (χ3v) is 5.86. The van der Waals surface area contributed by atoms with E-state index in [4.69, 9.17) is 0 Å². The lowest BCUT2D eigenvalue weighted by atomic mass is 9.84. The van der Waals surface area contributed by atoms with Crippen molar-refractivity contribution in [1.82, 2.24) is 5.32 Å². The quantitative estimate of drug-likeness (QED) is 0.693. The standard InChI is InChI=1S/C14H29NO2S/c1-3-4-8-11-18(16,17)12-14(15-2)13-9-6-5-7-10-13/h13-15H,3-12H2,1-2H3. The maximum atomic E-state index is 12.1. The third-order valence-electron chi connectivity index (χ3n) is 4.08. The third kappa shape index (κ3) is 5.70. The number of nitrogens with one attached hydrogen (secondary N) is 1. The second-order valence-corrected chi connectivity index (χ2v) is 7.84. The van der Waals surface area contributed by atoms with E-state index >= 15 is 0 Å². The fraction of sp³-hybridized carbons (Fsp3) is 1.00. The second kappa shape index (κ2) is 8.16. The Morgan fingerprint density at radius 3 is 2.39 bits per heavy atom. The maximum absolute atomic E-state index is 12.1. The maximum Gasteiger partial charge on any atom is 0.151 e. The highest BCUT2D eigenvalue weighted by molar-refractivity contribution is 7.91. The molecule has 4 heteroatoms. The van der Waals surface area contributed by atoms with Gasteiger partial charge < -0.3 is 5.32 Å². The zero-order chi connectivity index (χ0) is 13.4.